The topological polar surface area (TPSA) is 68.2 Å². The summed E-state index contributed by atoms with van der Waals surface area (Å²) in [5, 5.41) is 8.06. The van der Waals surface area contributed by atoms with Crippen LogP contribution >= 0.6 is 0 Å². The maximum atomic E-state index is 5.57. The Kier molecular flexibility index (Phi) is 3.77. The Morgan fingerprint density at radius 1 is 1.44 bits per heavy atom. The van der Waals surface area contributed by atoms with Gasteiger partial charge < -0.3 is 15.1 Å². The molecule has 0 unspecified atom stereocenters. The van der Waals surface area contributed by atoms with E-state index in [4.69, 9.17) is 10.2 Å². The molecule has 1 fully saturated rings. The summed E-state index contributed by atoms with van der Waals surface area (Å²) >= 11 is 0. The van der Waals surface area contributed by atoms with Crippen LogP contribution in [0, 0.1) is 5.92 Å². The van der Waals surface area contributed by atoms with E-state index in [-0.39, 0.29) is 0 Å². The fourth-order valence-electron chi connectivity index (χ4n) is 1.93. The summed E-state index contributed by atoms with van der Waals surface area (Å²) in [5.74, 6) is 1.45. The summed E-state index contributed by atoms with van der Waals surface area (Å²) in [5.41, 5.74) is 5.45. The Bertz CT molecular complexity index is 322. The summed E-state index contributed by atoms with van der Waals surface area (Å²) in [7, 11) is 0. The number of nitrogens with zero attached hydrogens (tertiary/aromatic N) is 3. The highest BCUT2D eigenvalue weighted by atomic mass is 16.4. The molecule has 1 aromatic heterocycles. The first-order valence-electron chi connectivity index (χ1n) is 6.11. The van der Waals surface area contributed by atoms with Crippen LogP contribution in [0.5, 0.6) is 0 Å². The average Bonchev–Trinajstić information content (AvgIpc) is 2.66. The van der Waals surface area contributed by atoms with Crippen molar-refractivity contribution in [3.05, 3.63) is 5.89 Å². The van der Waals surface area contributed by atoms with E-state index in [1.165, 1.54) is 19.3 Å². The van der Waals surface area contributed by atoms with E-state index >= 15 is 0 Å². The lowest BCUT2D eigenvalue weighted by Crippen LogP contribution is -2.32. The molecule has 2 N–H and O–H groups in total. The molecule has 16 heavy (non-hydrogen) atoms. The lowest BCUT2D eigenvalue weighted by atomic mass is 9.85. The van der Waals surface area contributed by atoms with Crippen LogP contribution in [0.3, 0.4) is 0 Å². The van der Waals surface area contributed by atoms with Crippen LogP contribution in [-0.4, -0.2) is 29.8 Å². The molecule has 0 atom stereocenters. The van der Waals surface area contributed by atoms with Crippen molar-refractivity contribution < 1.29 is 4.42 Å². The summed E-state index contributed by atoms with van der Waals surface area (Å²) in [6.07, 6.45) is 4.69. The molecule has 2 rings (SSSR count). The highest BCUT2D eigenvalue weighted by Crippen LogP contribution is 2.28. The van der Waals surface area contributed by atoms with Crippen LogP contribution in [0.4, 0.5) is 6.01 Å². The van der Waals surface area contributed by atoms with Crippen molar-refractivity contribution in [1.29, 1.82) is 0 Å². The molecule has 1 heterocycles. The first-order chi connectivity index (χ1) is 7.83. The first kappa shape index (κ1) is 11.4. The van der Waals surface area contributed by atoms with E-state index in [1.807, 2.05) is 0 Å². The maximum Gasteiger partial charge on any atom is 0.318 e. The van der Waals surface area contributed by atoms with Crippen molar-refractivity contribution in [2.75, 3.05) is 24.5 Å². The minimum Gasteiger partial charge on any atom is -0.408 e. The third-order valence-corrected chi connectivity index (χ3v) is 3.17. The van der Waals surface area contributed by atoms with Crippen LogP contribution in [-0.2, 0) is 6.42 Å². The Morgan fingerprint density at radius 3 is 2.81 bits per heavy atom. The Hall–Kier alpha value is -1.10. The highest BCUT2D eigenvalue weighted by Gasteiger charge is 2.22. The number of rotatable bonds is 6. The Balaban J connectivity index is 1.95. The van der Waals surface area contributed by atoms with Crippen molar-refractivity contribution >= 4 is 6.01 Å². The van der Waals surface area contributed by atoms with Gasteiger partial charge in [0.05, 0.1) is 0 Å². The molecule has 1 aromatic rings. The molecule has 1 saturated carbocycles. The predicted molar refractivity (Wildman–Crippen MR) is 62.3 cm³/mol. The van der Waals surface area contributed by atoms with Crippen LogP contribution in [0.2, 0.25) is 0 Å². The second kappa shape index (κ2) is 5.30. The quantitative estimate of drug-likeness (QED) is 0.786. The molecule has 5 nitrogen and oxygen atoms in total. The van der Waals surface area contributed by atoms with Gasteiger partial charge in [0.2, 0.25) is 5.89 Å². The molecule has 5 heteroatoms. The number of hydrogen-bond donors (Lipinski definition) is 1. The standard InChI is InChI=1S/C11H20N4O/c1-2-15(8-9-4-3-5-9)11-14-13-10(16-11)6-7-12/h9H,2-8,12H2,1H3. The fourth-order valence-corrected chi connectivity index (χ4v) is 1.93. The molecule has 90 valence electrons. The largest absolute Gasteiger partial charge is 0.408 e. The molecule has 0 aliphatic heterocycles. The molecule has 0 amide bonds. The molecule has 0 bridgehead atoms. The van der Waals surface area contributed by atoms with Gasteiger partial charge in [0.1, 0.15) is 0 Å². The summed E-state index contributed by atoms with van der Waals surface area (Å²) in [6.45, 7) is 4.63. The van der Waals surface area contributed by atoms with Crippen molar-refractivity contribution in [2.45, 2.75) is 32.6 Å². The summed E-state index contributed by atoms with van der Waals surface area (Å²) in [6, 6.07) is 0.651. The van der Waals surface area contributed by atoms with Gasteiger partial charge in [-0.2, -0.15) is 0 Å². The summed E-state index contributed by atoms with van der Waals surface area (Å²) < 4.78 is 5.57. The van der Waals surface area contributed by atoms with Crippen LogP contribution < -0.4 is 10.6 Å². The molecule has 0 aromatic carbocycles. The van der Waals surface area contributed by atoms with Crippen molar-refractivity contribution in [2.24, 2.45) is 11.7 Å². The van der Waals surface area contributed by atoms with Crippen LogP contribution in [0.1, 0.15) is 32.1 Å². The Labute approximate surface area is 96.0 Å². The monoisotopic (exact) mass is 224 g/mol. The van der Waals surface area contributed by atoms with Crippen molar-refractivity contribution in [3.8, 4) is 0 Å². The molecule has 0 radical (unpaired) electrons. The molecular formula is C11H20N4O. The van der Waals surface area contributed by atoms with E-state index in [1.54, 1.807) is 0 Å². The van der Waals surface area contributed by atoms with E-state index < -0.39 is 0 Å². The summed E-state index contributed by atoms with van der Waals surface area (Å²) in [4.78, 5) is 2.16. The van der Waals surface area contributed by atoms with Crippen molar-refractivity contribution in [3.63, 3.8) is 0 Å². The second-order valence-corrected chi connectivity index (χ2v) is 4.35. The highest BCUT2D eigenvalue weighted by molar-refractivity contribution is 5.23. The van der Waals surface area contributed by atoms with Gasteiger partial charge in [-0.15, -0.1) is 5.10 Å². The smallest absolute Gasteiger partial charge is 0.318 e. The van der Waals surface area contributed by atoms with Crippen molar-refractivity contribution in [1.82, 2.24) is 10.2 Å². The van der Waals surface area contributed by atoms with Gasteiger partial charge in [-0.25, -0.2) is 0 Å². The van der Waals surface area contributed by atoms with Gasteiger partial charge in [-0.05, 0) is 25.7 Å². The van der Waals surface area contributed by atoms with E-state index in [0.717, 1.165) is 19.0 Å². The fraction of sp³-hybridized carbons (Fsp3) is 0.818. The zero-order valence-corrected chi connectivity index (χ0v) is 9.85. The van der Waals surface area contributed by atoms with E-state index in [0.29, 0.717) is 24.9 Å². The number of anilines is 1. The zero-order valence-electron chi connectivity index (χ0n) is 9.85. The Morgan fingerprint density at radius 2 is 2.25 bits per heavy atom. The number of aromatic nitrogens is 2. The molecule has 0 spiro atoms. The second-order valence-electron chi connectivity index (χ2n) is 4.35. The molecule has 0 saturated heterocycles. The first-order valence-corrected chi connectivity index (χ1v) is 6.11. The van der Waals surface area contributed by atoms with E-state index in [9.17, 15) is 0 Å². The third kappa shape index (κ3) is 2.52. The predicted octanol–water partition coefficient (Wildman–Crippen LogP) is 1.20. The van der Waals surface area contributed by atoms with Crippen LogP contribution in [0.25, 0.3) is 0 Å². The van der Waals surface area contributed by atoms with Gasteiger partial charge in [0.15, 0.2) is 0 Å². The van der Waals surface area contributed by atoms with E-state index in [2.05, 4.69) is 22.0 Å². The lowest BCUT2D eigenvalue weighted by Gasteiger charge is -2.30. The van der Waals surface area contributed by atoms with Gasteiger partial charge >= 0.3 is 6.01 Å². The van der Waals surface area contributed by atoms with Crippen LogP contribution in [0.15, 0.2) is 4.42 Å². The maximum absolute atomic E-state index is 5.57. The molecule has 1 aliphatic carbocycles. The normalized spacial score (nSPS) is 16.1. The zero-order chi connectivity index (χ0) is 11.4. The van der Waals surface area contributed by atoms with Gasteiger partial charge in [0, 0.05) is 26.1 Å². The number of nitrogens with two attached hydrogens (primary N) is 1. The third-order valence-electron chi connectivity index (χ3n) is 3.17. The van der Waals surface area contributed by atoms with Gasteiger partial charge in [-0.3, -0.25) is 0 Å². The molecular weight excluding hydrogens is 204 g/mol. The van der Waals surface area contributed by atoms with Gasteiger partial charge in [0.25, 0.3) is 0 Å². The minimum atomic E-state index is 0.552. The average molecular weight is 224 g/mol. The van der Waals surface area contributed by atoms with Gasteiger partial charge in [-0.1, -0.05) is 11.5 Å². The molecule has 1 aliphatic rings. The lowest BCUT2D eigenvalue weighted by molar-refractivity contribution is 0.312. The number of hydrogen-bond acceptors (Lipinski definition) is 5. The SMILES string of the molecule is CCN(CC1CCC1)c1nnc(CCN)o1. The minimum absolute atomic E-state index is 0.552.